The van der Waals surface area contributed by atoms with E-state index in [0.29, 0.717) is 11.5 Å². The first-order valence-electron chi connectivity index (χ1n) is 3.47. The van der Waals surface area contributed by atoms with Crippen LogP contribution in [0.3, 0.4) is 0 Å². The fraction of sp³-hybridized carbons (Fsp3) is 0.500. The van der Waals surface area contributed by atoms with Crippen molar-refractivity contribution < 1.29 is 4.70 Å². The van der Waals surface area contributed by atoms with Gasteiger partial charge in [-0.2, -0.15) is 0 Å². The highest BCUT2D eigenvalue weighted by Crippen LogP contribution is 2.15. The molecule has 5 heteroatoms. The predicted molar refractivity (Wildman–Crippen MR) is 43.5 cm³/mol. The molecule has 0 radical (unpaired) electrons. The highest BCUT2D eigenvalue weighted by atomic mass is 15.8. The lowest BCUT2D eigenvalue weighted by atomic mass is 10.4. The van der Waals surface area contributed by atoms with Crippen LogP contribution in [0.25, 0.3) is 0 Å². The van der Waals surface area contributed by atoms with Crippen LogP contribution in [0, 0.1) is 0 Å². The standard InChI is InChI=1S/C6H14N5/c1-4(2)11(9)3-5(7)6(8)10-11/h3-4H,7,9H2,1-2H3,(H2,8,10)/q+1. The molecular weight excluding hydrogens is 142 g/mol. The predicted octanol–water partition coefficient (Wildman–Crippen LogP) is -0.829. The zero-order chi connectivity index (χ0) is 8.65. The average Bonchev–Trinajstić information content (AvgIpc) is 2.09. The molecule has 6 N–H and O–H groups in total. The summed E-state index contributed by atoms with van der Waals surface area (Å²) in [6.45, 7) is 3.90. The number of quaternary nitrogens is 1. The third kappa shape index (κ3) is 1.20. The summed E-state index contributed by atoms with van der Waals surface area (Å²) >= 11 is 0. The topological polar surface area (TPSA) is 90.4 Å². The molecule has 0 aliphatic carbocycles. The molecule has 0 aromatic heterocycles. The van der Waals surface area contributed by atoms with E-state index >= 15 is 0 Å². The van der Waals surface area contributed by atoms with E-state index in [2.05, 4.69) is 5.10 Å². The molecule has 1 aliphatic heterocycles. The van der Waals surface area contributed by atoms with Gasteiger partial charge >= 0.3 is 0 Å². The van der Waals surface area contributed by atoms with Crippen molar-refractivity contribution in [3.8, 4) is 0 Å². The highest BCUT2D eigenvalue weighted by molar-refractivity contribution is 5.96. The molecule has 0 bridgehead atoms. The zero-order valence-electron chi connectivity index (χ0n) is 6.78. The second-order valence-corrected chi connectivity index (χ2v) is 2.96. The van der Waals surface area contributed by atoms with Crippen LogP contribution in [0.1, 0.15) is 13.8 Å². The fourth-order valence-corrected chi connectivity index (χ4v) is 0.827. The van der Waals surface area contributed by atoms with E-state index in [1.54, 1.807) is 6.20 Å². The van der Waals surface area contributed by atoms with Gasteiger partial charge in [-0.1, -0.05) is 4.70 Å². The van der Waals surface area contributed by atoms with Gasteiger partial charge in [-0.15, -0.1) is 5.84 Å². The van der Waals surface area contributed by atoms with E-state index in [-0.39, 0.29) is 10.7 Å². The van der Waals surface area contributed by atoms with Crippen molar-refractivity contribution in [2.45, 2.75) is 19.9 Å². The Morgan fingerprint density at radius 3 is 2.18 bits per heavy atom. The summed E-state index contributed by atoms with van der Waals surface area (Å²) in [5, 5.41) is 3.99. The first-order valence-corrected chi connectivity index (χ1v) is 3.47. The van der Waals surface area contributed by atoms with Gasteiger partial charge in [0.2, 0.25) is 5.84 Å². The Labute approximate surface area is 65.7 Å². The van der Waals surface area contributed by atoms with Crippen LogP contribution in [0.2, 0.25) is 0 Å². The summed E-state index contributed by atoms with van der Waals surface area (Å²) in [4.78, 5) is 0. The molecule has 1 rings (SSSR count). The van der Waals surface area contributed by atoms with Crippen molar-refractivity contribution in [1.29, 1.82) is 0 Å². The SMILES string of the molecule is CC(C)[N+]1(N)C=C(N)C(N)=N1. The summed E-state index contributed by atoms with van der Waals surface area (Å²) in [7, 11) is 0. The lowest BCUT2D eigenvalue weighted by molar-refractivity contribution is -0.916. The quantitative estimate of drug-likeness (QED) is 0.342. The van der Waals surface area contributed by atoms with Crippen molar-refractivity contribution in [2.24, 2.45) is 22.4 Å². The van der Waals surface area contributed by atoms with Gasteiger partial charge in [0.1, 0.15) is 11.7 Å². The van der Waals surface area contributed by atoms with Crippen LogP contribution in [0.4, 0.5) is 0 Å². The van der Waals surface area contributed by atoms with Gasteiger partial charge in [0.25, 0.3) is 0 Å². The van der Waals surface area contributed by atoms with E-state index < -0.39 is 0 Å². The smallest absolute Gasteiger partial charge is 0.211 e. The van der Waals surface area contributed by atoms with Crippen LogP contribution >= 0.6 is 0 Å². The summed E-state index contributed by atoms with van der Waals surface area (Å²) in [5.41, 5.74) is 11.4. The maximum atomic E-state index is 5.80. The summed E-state index contributed by atoms with van der Waals surface area (Å²) in [5.74, 6) is 6.12. The number of rotatable bonds is 1. The van der Waals surface area contributed by atoms with Crippen molar-refractivity contribution in [1.82, 2.24) is 0 Å². The first-order chi connectivity index (χ1) is 4.96. The molecule has 0 saturated carbocycles. The third-order valence-corrected chi connectivity index (χ3v) is 1.75. The molecule has 0 spiro atoms. The molecule has 1 unspecified atom stereocenters. The van der Waals surface area contributed by atoms with Gasteiger partial charge in [0, 0.05) is 0 Å². The van der Waals surface area contributed by atoms with Crippen LogP contribution in [-0.2, 0) is 0 Å². The van der Waals surface area contributed by atoms with Gasteiger partial charge in [-0.3, -0.25) is 0 Å². The van der Waals surface area contributed by atoms with Crippen LogP contribution in [-0.4, -0.2) is 16.6 Å². The maximum absolute atomic E-state index is 5.80. The summed E-state index contributed by atoms with van der Waals surface area (Å²) < 4.78 is -0.0440. The number of nitrogens with two attached hydrogens (primary N) is 3. The normalized spacial score (nSPS) is 30.5. The zero-order valence-corrected chi connectivity index (χ0v) is 6.78. The van der Waals surface area contributed by atoms with Gasteiger partial charge < -0.3 is 11.5 Å². The second-order valence-electron chi connectivity index (χ2n) is 2.96. The Bertz CT molecular complexity index is 209. The number of nitrogens with zero attached hydrogens (tertiary/aromatic N) is 2. The van der Waals surface area contributed by atoms with Gasteiger partial charge in [0.05, 0.1) is 0 Å². The Morgan fingerprint density at radius 1 is 1.45 bits per heavy atom. The van der Waals surface area contributed by atoms with Crippen molar-refractivity contribution in [3.63, 3.8) is 0 Å². The highest BCUT2D eigenvalue weighted by Gasteiger charge is 2.32. The number of amidine groups is 1. The molecule has 1 atom stereocenters. The molecule has 0 aromatic carbocycles. The van der Waals surface area contributed by atoms with E-state index in [9.17, 15) is 0 Å². The van der Waals surface area contributed by atoms with Crippen molar-refractivity contribution in [2.75, 3.05) is 0 Å². The van der Waals surface area contributed by atoms with E-state index in [1.165, 1.54) is 0 Å². The van der Waals surface area contributed by atoms with Crippen molar-refractivity contribution >= 4 is 5.84 Å². The monoisotopic (exact) mass is 156 g/mol. The fourth-order valence-electron chi connectivity index (χ4n) is 0.827. The van der Waals surface area contributed by atoms with Crippen LogP contribution in [0.5, 0.6) is 0 Å². The molecule has 0 fully saturated rings. The molecule has 62 valence electrons. The third-order valence-electron chi connectivity index (χ3n) is 1.75. The minimum Gasteiger partial charge on any atom is -0.391 e. The van der Waals surface area contributed by atoms with E-state index in [1.807, 2.05) is 13.8 Å². The lowest BCUT2D eigenvalue weighted by Crippen LogP contribution is -2.49. The molecule has 0 saturated heterocycles. The molecule has 5 nitrogen and oxygen atoms in total. The molecular formula is C6H14N5+. The molecule has 0 amide bonds. The minimum atomic E-state index is -0.0440. The average molecular weight is 156 g/mol. The van der Waals surface area contributed by atoms with Gasteiger partial charge in [-0.05, 0) is 18.9 Å². The van der Waals surface area contributed by atoms with Crippen LogP contribution < -0.4 is 17.3 Å². The first kappa shape index (κ1) is 8.03. The molecule has 1 aliphatic rings. The molecule has 0 aromatic rings. The largest absolute Gasteiger partial charge is 0.391 e. The lowest BCUT2D eigenvalue weighted by Gasteiger charge is -2.22. The summed E-state index contributed by atoms with van der Waals surface area (Å²) in [6.07, 6.45) is 1.64. The van der Waals surface area contributed by atoms with Gasteiger partial charge in [-0.25, -0.2) is 0 Å². The molecule has 11 heavy (non-hydrogen) atoms. The Hall–Kier alpha value is -1.07. The Morgan fingerprint density at radius 2 is 2.00 bits per heavy atom. The number of hydrogen-bond donors (Lipinski definition) is 3. The number of hydrogen-bond acceptors (Lipinski definition) is 4. The van der Waals surface area contributed by atoms with E-state index in [0.717, 1.165) is 0 Å². The Balaban J connectivity index is 2.96. The maximum Gasteiger partial charge on any atom is 0.211 e. The second kappa shape index (κ2) is 2.21. The van der Waals surface area contributed by atoms with Crippen molar-refractivity contribution in [3.05, 3.63) is 11.9 Å². The molecule has 1 heterocycles. The minimum absolute atomic E-state index is 0.0440. The summed E-state index contributed by atoms with van der Waals surface area (Å²) in [6, 6.07) is 0.148. The van der Waals surface area contributed by atoms with E-state index in [4.69, 9.17) is 17.3 Å². The van der Waals surface area contributed by atoms with Crippen LogP contribution in [0.15, 0.2) is 17.0 Å². The Kier molecular flexibility index (Phi) is 1.62. The van der Waals surface area contributed by atoms with Gasteiger partial charge in [0.15, 0.2) is 6.20 Å².